The largest absolute Gasteiger partial charge is 0.494 e. The number of amides is 3. The molecule has 2 aromatic carbocycles. The summed E-state index contributed by atoms with van der Waals surface area (Å²) in [6.45, 7) is 7.59. The summed E-state index contributed by atoms with van der Waals surface area (Å²) in [5.41, 5.74) is 7.05. The smallest absolute Gasteiger partial charge is 0.279 e. The molecule has 3 amide bonds. The molecule has 0 saturated carbocycles. The molecule has 0 heterocycles. The molecule has 0 aliphatic rings. The molecule has 30 heavy (non-hydrogen) atoms. The molecule has 3 N–H and O–H groups in total. The van der Waals surface area contributed by atoms with Crippen LogP contribution in [0, 0.1) is 13.8 Å². The van der Waals surface area contributed by atoms with Gasteiger partial charge in [0.15, 0.2) is 6.10 Å². The molecule has 0 saturated heterocycles. The number of aryl methyl sites for hydroxylation is 2. The molecule has 2 rings (SSSR count). The van der Waals surface area contributed by atoms with E-state index in [1.807, 2.05) is 26.8 Å². The Morgan fingerprint density at radius 1 is 0.933 bits per heavy atom. The summed E-state index contributed by atoms with van der Waals surface area (Å²) in [7, 11) is 0. The number of hydrazine groups is 1. The first-order valence-electron chi connectivity index (χ1n) is 9.63. The van der Waals surface area contributed by atoms with Crippen LogP contribution in [0.3, 0.4) is 0 Å². The van der Waals surface area contributed by atoms with Crippen molar-refractivity contribution >= 4 is 17.7 Å². The van der Waals surface area contributed by atoms with E-state index < -0.39 is 17.9 Å². The van der Waals surface area contributed by atoms with Crippen LogP contribution in [0.15, 0.2) is 42.5 Å². The highest BCUT2D eigenvalue weighted by atomic mass is 16.5. The molecule has 0 aliphatic carbocycles. The maximum absolute atomic E-state index is 12.1. The second-order valence-electron chi connectivity index (χ2n) is 6.68. The van der Waals surface area contributed by atoms with Crippen LogP contribution in [-0.4, -0.2) is 37.0 Å². The SMILES string of the molecule is CCOc1ccc(O[C@@H](C)C(=O)NNC(=O)CNC(=O)c2ccc(C)c(C)c2)cc1. The fraction of sp³-hybridized carbons (Fsp3) is 0.318. The maximum atomic E-state index is 12.1. The molecule has 1 atom stereocenters. The highest BCUT2D eigenvalue weighted by Crippen LogP contribution is 2.18. The van der Waals surface area contributed by atoms with Gasteiger partial charge in [-0.2, -0.15) is 0 Å². The Kier molecular flexibility index (Phi) is 8.22. The van der Waals surface area contributed by atoms with E-state index in [0.29, 0.717) is 23.7 Å². The van der Waals surface area contributed by atoms with Crippen molar-refractivity contribution < 1.29 is 23.9 Å². The van der Waals surface area contributed by atoms with Crippen molar-refractivity contribution in [1.82, 2.24) is 16.2 Å². The van der Waals surface area contributed by atoms with E-state index in [1.165, 1.54) is 0 Å². The first-order chi connectivity index (χ1) is 14.3. The lowest BCUT2D eigenvalue weighted by Crippen LogP contribution is -2.50. The molecule has 8 nitrogen and oxygen atoms in total. The van der Waals surface area contributed by atoms with Crippen LogP contribution in [0.1, 0.15) is 35.3 Å². The van der Waals surface area contributed by atoms with Crippen molar-refractivity contribution in [3.05, 3.63) is 59.2 Å². The first-order valence-corrected chi connectivity index (χ1v) is 9.63. The average Bonchev–Trinajstić information content (AvgIpc) is 2.73. The summed E-state index contributed by atoms with van der Waals surface area (Å²) in [4.78, 5) is 36.1. The zero-order valence-corrected chi connectivity index (χ0v) is 17.6. The number of hydrogen-bond acceptors (Lipinski definition) is 5. The Labute approximate surface area is 175 Å². The van der Waals surface area contributed by atoms with Crippen molar-refractivity contribution in [2.24, 2.45) is 0 Å². The lowest BCUT2D eigenvalue weighted by atomic mass is 10.1. The summed E-state index contributed by atoms with van der Waals surface area (Å²) >= 11 is 0. The van der Waals surface area contributed by atoms with Gasteiger partial charge in [0, 0.05) is 5.56 Å². The quantitative estimate of drug-likeness (QED) is 0.575. The van der Waals surface area contributed by atoms with Gasteiger partial charge in [0.2, 0.25) is 0 Å². The molecule has 0 radical (unpaired) electrons. The van der Waals surface area contributed by atoms with Gasteiger partial charge >= 0.3 is 0 Å². The standard InChI is InChI=1S/C22H27N3O5/c1-5-29-18-8-10-19(11-9-18)30-16(4)21(27)25-24-20(26)13-23-22(28)17-7-6-14(2)15(3)12-17/h6-12,16H,5,13H2,1-4H3,(H,23,28)(H,24,26)(H,25,27)/t16-/m0/s1. The molecule has 0 aliphatic heterocycles. The molecule has 8 heteroatoms. The number of ether oxygens (including phenoxy) is 2. The summed E-state index contributed by atoms with van der Waals surface area (Å²) in [6, 6.07) is 12.1. The van der Waals surface area contributed by atoms with Crippen LogP contribution in [-0.2, 0) is 9.59 Å². The van der Waals surface area contributed by atoms with E-state index in [9.17, 15) is 14.4 Å². The van der Waals surface area contributed by atoms with Gasteiger partial charge in [-0.05, 0) is 75.2 Å². The third-order valence-corrected chi connectivity index (χ3v) is 4.32. The summed E-state index contributed by atoms with van der Waals surface area (Å²) in [6.07, 6.45) is -0.839. The van der Waals surface area contributed by atoms with Gasteiger partial charge < -0.3 is 14.8 Å². The van der Waals surface area contributed by atoms with Gasteiger partial charge in [-0.3, -0.25) is 25.2 Å². The number of rotatable bonds is 8. The van der Waals surface area contributed by atoms with Crippen molar-refractivity contribution in [1.29, 1.82) is 0 Å². The van der Waals surface area contributed by atoms with Gasteiger partial charge in [0.05, 0.1) is 13.2 Å². The van der Waals surface area contributed by atoms with Crippen LogP contribution in [0.4, 0.5) is 0 Å². The number of carbonyl (C=O) groups excluding carboxylic acids is 3. The normalized spacial score (nSPS) is 11.2. The van der Waals surface area contributed by atoms with Crippen LogP contribution >= 0.6 is 0 Å². The van der Waals surface area contributed by atoms with E-state index in [-0.39, 0.29) is 12.5 Å². The fourth-order valence-corrected chi connectivity index (χ4v) is 2.46. The Hall–Kier alpha value is -3.55. The van der Waals surface area contributed by atoms with Gasteiger partial charge in [-0.15, -0.1) is 0 Å². The molecule has 0 unspecified atom stereocenters. The third-order valence-electron chi connectivity index (χ3n) is 4.32. The van der Waals surface area contributed by atoms with Crippen LogP contribution in [0.5, 0.6) is 11.5 Å². The third kappa shape index (κ3) is 6.80. The molecule has 0 spiro atoms. The summed E-state index contributed by atoms with van der Waals surface area (Å²) < 4.78 is 10.9. The van der Waals surface area contributed by atoms with E-state index in [2.05, 4.69) is 16.2 Å². The number of hydrogen-bond donors (Lipinski definition) is 3. The predicted octanol–water partition coefficient (Wildman–Crippen LogP) is 2.05. The molecule has 2 aromatic rings. The van der Waals surface area contributed by atoms with E-state index in [4.69, 9.17) is 9.47 Å². The van der Waals surface area contributed by atoms with E-state index in [1.54, 1.807) is 43.3 Å². The fourth-order valence-electron chi connectivity index (χ4n) is 2.46. The van der Waals surface area contributed by atoms with E-state index in [0.717, 1.165) is 11.1 Å². The van der Waals surface area contributed by atoms with Crippen molar-refractivity contribution in [3.63, 3.8) is 0 Å². The second-order valence-corrected chi connectivity index (χ2v) is 6.68. The maximum Gasteiger partial charge on any atom is 0.279 e. The van der Waals surface area contributed by atoms with Crippen LogP contribution in [0.25, 0.3) is 0 Å². The minimum atomic E-state index is -0.839. The predicted molar refractivity (Wildman–Crippen MR) is 112 cm³/mol. The molecule has 0 fully saturated rings. The lowest BCUT2D eigenvalue weighted by Gasteiger charge is -2.15. The number of carbonyl (C=O) groups is 3. The zero-order valence-electron chi connectivity index (χ0n) is 17.6. The minimum Gasteiger partial charge on any atom is -0.494 e. The minimum absolute atomic E-state index is 0.278. The molecular weight excluding hydrogens is 386 g/mol. The highest BCUT2D eigenvalue weighted by Gasteiger charge is 2.16. The van der Waals surface area contributed by atoms with Gasteiger partial charge in [-0.1, -0.05) is 6.07 Å². The molecule has 0 aromatic heterocycles. The molecular formula is C22H27N3O5. The van der Waals surface area contributed by atoms with E-state index >= 15 is 0 Å². The Balaban J connectivity index is 1.74. The lowest BCUT2D eigenvalue weighted by molar-refractivity contribution is -0.132. The van der Waals surface area contributed by atoms with Crippen LogP contribution in [0.2, 0.25) is 0 Å². The molecule has 160 valence electrons. The van der Waals surface area contributed by atoms with Crippen molar-refractivity contribution in [2.75, 3.05) is 13.2 Å². The number of nitrogens with one attached hydrogen (secondary N) is 3. The van der Waals surface area contributed by atoms with Gasteiger partial charge in [0.25, 0.3) is 17.7 Å². The first kappa shape index (κ1) is 22.7. The average molecular weight is 413 g/mol. The summed E-state index contributed by atoms with van der Waals surface area (Å²) in [5.74, 6) is -0.261. The zero-order chi connectivity index (χ0) is 22.1. The highest BCUT2D eigenvalue weighted by molar-refractivity contribution is 5.96. The van der Waals surface area contributed by atoms with Gasteiger partial charge in [-0.25, -0.2) is 0 Å². The van der Waals surface area contributed by atoms with Crippen LogP contribution < -0.4 is 25.6 Å². The summed E-state index contributed by atoms with van der Waals surface area (Å²) in [5, 5.41) is 2.51. The second kappa shape index (κ2) is 10.8. The number of benzene rings is 2. The van der Waals surface area contributed by atoms with Crippen molar-refractivity contribution in [2.45, 2.75) is 33.8 Å². The Morgan fingerprint density at radius 2 is 1.60 bits per heavy atom. The Morgan fingerprint density at radius 3 is 2.23 bits per heavy atom. The van der Waals surface area contributed by atoms with Crippen molar-refractivity contribution in [3.8, 4) is 11.5 Å². The Bertz CT molecular complexity index is 896. The molecule has 0 bridgehead atoms. The monoisotopic (exact) mass is 413 g/mol. The van der Waals surface area contributed by atoms with Gasteiger partial charge in [0.1, 0.15) is 11.5 Å². The topological polar surface area (TPSA) is 106 Å².